The van der Waals surface area contributed by atoms with E-state index in [2.05, 4.69) is 19.9 Å². The van der Waals surface area contributed by atoms with E-state index < -0.39 is 5.60 Å². The zero-order valence-corrected chi connectivity index (χ0v) is 12.8. The van der Waals surface area contributed by atoms with Crippen LogP contribution >= 0.6 is 0 Å². The molecular weight excluding hydrogens is 236 g/mol. The molecule has 0 saturated heterocycles. The maximum atomic E-state index is 11.9. The van der Waals surface area contributed by atoms with Crippen molar-refractivity contribution < 1.29 is 9.53 Å². The van der Waals surface area contributed by atoms with Crippen molar-refractivity contribution in [1.82, 2.24) is 0 Å². The topological polar surface area (TPSA) is 26.3 Å². The second kappa shape index (κ2) is 6.74. The summed E-state index contributed by atoms with van der Waals surface area (Å²) in [5.41, 5.74) is 1.95. The Morgan fingerprint density at radius 2 is 1.79 bits per heavy atom. The minimum atomic E-state index is -0.414. The Morgan fingerprint density at radius 1 is 1.21 bits per heavy atom. The molecule has 0 fully saturated rings. The highest BCUT2D eigenvalue weighted by atomic mass is 16.6. The van der Waals surface area contributed by atoms with Gasteiger partial charge in [-0.15, -0.1) is 0 Å². The third kappa shape index (κ3) is 5.91. The molecule has 0 radical (unpaired) electrons. The number of carbonyl (C=O) groups excluding carboxylic acids is 1. The number of carbonyl (C=O) groups is 1. The largest absolute Gasteiger partial charge is 0.460 e. The Labute approximate surface area is 117 Å². The van der Waals surface area contributed by atoms with E-state index in [1.165, 1.54) is 5.56 Å². The molecule has 0 heterocycles. The predicted octanol–water partition coefficient (Wildman–Crippen LogP) is 4.16. The molecule has 0 aliphatic carbocycles. The van der Waals surface area contributed by atoms with Gasteiger partial charge >= 0.3 is 5.97 Å². The first-order chi connectivity index (χ1) is 8.81. The molecule has 0 spiro atoms. The molecule has 19 heavy (non-hydrogen) atoms. The number of ether oxygens (including phenoxy) is 1. The zero-order chi connectivity index (χ0) is 14.5. The third-order valence-corrected chi connectivity index (χ3v) is 3.14. The maximum Gasteiger partial charge on any atom is 0.310 e. The van der Waals surface area contributed by atoms with Crippen molar-refractivity contribution in [3.05, 3.63) is 35.4 Å². The summed E-state index contributed by atoms with van der Waals surface area (Å²) in [6, 6.07) is 8.17. The predicted molar refractivity (Wildman–Crippen MR) is 79.2 cm³/mol. The Kier molecular flexibility index (Phi) is 5.59. The number of rotatable bonds is 5. The van der Waals surface area contributed by atoms with Crippen LogP contribution in [-0.2, 0) is 22.4 Å². The van der Waals surface area contributed by atoms with Gasteiger partial charge in [0.2, 0.25) is 0 Å². The van der Waals surface area contributed by atoms with Crippen molar-refractivity contribution in [2.75, 3.05) is 0 Å². The Balaban J connectivity index is 2.75. The van der Waals surface area contributed by atoms with Crippen LogP contribution in [0.25, 0.3) is 0 Å². The van der Waals surface area contributed by atoms with Crippen molar-refractivity contribution in [3.63, 3.8) is 0 Å². The second-order valence-corrected chi connectivity index (χ2v) is 6.25. The highest BCUT2D eigenvalue weighted by Gasteiger charge is 2.17. The molecule has 1 atom stereocenters. The first kappa shape index (κ1) is 15.7. The summed E-state index contributed by atoms with van der Waals surface area (Å²) < 4.78 is 5.39. The van der Waals surface area contributed by atoms with Crippen LogP contribution in [0.4, 0.5) is 0 Å². The molecule has 1 rings (SSSR count). The van der Waals surface area contributed by atoms with Gasteiger partial charge in [-0.3, -0.25) is 4.79 Å². The molecule has 0 N–H and O–H groups in total. The van der Waals surface area contributed by atoms with Gasteiger partial charge < -0.3 is 4.74 Å². The number of hydrogen-bond acceptors (Lipinski definition) is 2. The molecule has 1 aromatic rings. The number of hydrogen-bond donors (Lipinski definition) is 0. The Hall–Kier alpha value is -1.31. The van der Waals surface area contributed by atoms with Crippen molar-refractivity contribution in [2.45, 2.75) is 59.5 Å². The minimum Gasteiger partial charge on any atom is -0.460 e. The lowest BCUT2D eigenvalue weighted by Gasteiger charge is -2.20. The molecule has 0 amide bonds. The van der Waals surface area contributed by atoms with Gasteiger partial charge in [-0.25, -0.2) is 0 Å². The van der Waals surface area contributed by atoms with Crippen molar-refractivity contribution in [3.8, 4) is 0 Å². The zero-order valence-electron chi connectivity index (χ0n) is 12.8. The van der Waals surface area contributed by atoms with E-state index >= 15 is 0 Å². The molecule has 0 saturated carbocycles. The van der Waals surface area contributed by atoms with Gasteiger partial charge in [0.1, 0.15) is 5.60 Å². The summed E-state index contributed by atoms with van der Waals surface area (Å²) >= 11 is 0. The molecule has 2 nitrogen and oxygen atoms in total. The van der Waals surface area contributed by atoms with Crippen LogP contribution in [0.15, 0.2) is 24.3 Å². The van der Waals surface area contributed by atoms with Gasteiger partial charge in [-0.05, 0) is 44.2 Å². The summed E-state index contributed by atoms with van der Waals surface area (Å²) in [5.74, 6) is 0.490. The van der Waals surface area contributed by atoms with Crippen molar-refractivity contribution in [2.24, 2.45) is 5.92 Å². The van der Waals surface area contributed by atoms with Crippen LogP contribution in [-0.4, -0.2) is 11.6 Å². The average Bonchev–Trinajstić information content (AvgIpc) is 2.29. The lowest BCUT2D eigenvalue weighted by Crippen LogP contribution is -2.25. The van der Waals surface area contributed by atoms with E-state index in [-0.39, 0.29) is 5.97 Å². The summed E-state index contributed by atoms with van der Waals surface area (Å²) in [6.07, 6.45) is 2.54. The van der Waals surface area contributed by atoms with Gasteiger partial charge in [-0.1, -0.05) is 44.5 Å². The second-order valence-electron chi connectivity index (χ2n) is 6.25. The minimum absolute atomic E-state index is 0.149. The molecule has 0 bridgehead atoms. The first-order valence-electron chi connectivity index (χ1n) is 7.10. The third-order valence-electron chi connectivity index (χ3n) is 3.14. The fourth-order valence-electron chi connectivity index (χ4n) is 1.98. The van der Waals surface area contributed by atoms with Crippen LogP contribution in [0.3, 0.4) is 0 Å². The smallest absolute Gasteiger partial charge is 0.310 e. The Bertz CT molecular complexity index is 416. The van der Waals surface area contributed by atoms with E-state index in [1.807, 2.05) is 39.0 Å². The maximum absolute atomic E-state index is 11.9. The van der Waals surface area contributed by atoms with Gasteiger partial charge in [0.15, 0.2) is 0 Å². The lowest BCUT2D eigenvalue weighted by atomic mass is 9.94. The van der Waals surface area contributed by atoms with Crippen LogP contribution < -0.4 is 0 Å². The van der Waals surface area contributed by atoms with Gasteiger partial charge in [0, 0.05) is 0 Å². The van der Waals surface area contributed by atoms with E-state index in [9.17, 15) is 4.79 Å². The quantitative estimate of drug-likeness (QED) is 0.745. The van der Waals surface area contributed by atoms with E-state index in [0.717, 1.165) is 18.4 Å². The molecule has 1 unspecified atom stereocenters. The summed E-state index contributed by atoms with van der Waals surface area (Å²) in [7, 11) is 0. The fraction of sp³-hybridized carbons (Fsp3) is 0.588. The summed E-state index contributed by atoms with van der Waals surface area (Å²) in [6.45, 7) is 10.1. The van der Waals surface area contributed by atoms with Crippen LogP contribution in [0.1, 0.15) is 52.2 Å². The van der Waals surface area contributed by atoms with Crippen LogP contribution in [0.2, 0.25) is 0 Å². The van der Waals surface area contributed by atoms with Crippen molar-refractivity contribution in [1.29, 1.82) is 0 Å². The molecular formula is C17H26O2. The van der Waals surface area contributed by atoms with Crippen molar-refractivity contribution >= 4 is 5.97 Å². The average molecular weight is 262 g/mol. The number of esters is 1. The standard InChI is InChI=1S/C17H26O2/c1-6-13(2)11-14-9-7-8-10-15(14)12-16(18)19-17(3,4)5/h7-10,13H,6,11-12H2,1-5H3. The van der Waals surface area contributed by atoms with E-state index in [0.29, 0.717) is 12.3 Å². The summed E-state index contributed by atoms with van der Waals surface area (Å²) in [5, 5.41) is 0. The highest BCUT2D eigenvalue weighted by molar-refractivity contribution is 5.73. The highest BCUT2D eigenvalue weighted by Crippen LogP contribution is 2.18. The first-order valence-corrected chi connectivity index (χ1v) is 7.10. The molecule has 106 valence electrons. The van der Waals surface area contributed by atoms with E-state index in [1.54, 1.807) is 0 Å². The monoisotopic (exact) mass is 262 g/mol. The number of benzene rings is 1. The van der Waals surface area contributed by atoms with Gasteiger partial charge in [0.25, 0.3) is 0 Å². The molecule has 1 aromatic carbocycles. The molecule has 0 aliphatic heterocycles. The van der Waals surface area contributed by atoms with E-state index in [4.69, 9.17) is 4.74 Å². The molecule has 2 heteroatoms. The fourth-order valence-corrected chi connectivity index (χ4v) is 1.98. The lowest BCUT2D eigenvalue weighted by molar-refractivity contribution is -0.153. The molecule has 0 aliphatic rings. The van der Waals surface area contributed by atoms with Gasteiger partial charge in [0.05, 0.1) is 6.42 Å². The summed E-state index contributed by atoms with van der Waals surface area (Å²) in [4.78, 5) is 11.9. The SMILES string of the molecule is CCC(C)Cc1ccccc1CC(=O)OC(C)(C)C. The normalized spacial score (nSPS) is 13.1. The molecule has 0 aromatic heterocycles. The van der Waals surface area contributed by atoms with Crippen LogP contribution in [0, 0.1) is 5.92 Å². The van der Waals surface area contributed by atoms with Crippen LogP contribution in [0.5, 0.6) is 0 Å². The Morgan fingerprint density at radius 3 is 2.32 bits per heavy atom. The van der Waals surface area contributed by atoms with Gasteiger partial charge in [-0.2, -0.15) is 0 Å².